The average molecular weight is 603 g/mol. The van der Waals surface area contributed by atoms with E-state index >= 15 is 0 Å². The SMILES string of the molecule is C#CC[C@H](O)[C@H](O)[C@H](CC1CCCCC1)NC(=O)[C@@H](CC1CC1)NC(=O)[C@@H](Cc1ccccc1)CS(=O)(=O)C(C)(C)C. The minimum atomic E-state index is -3.63. The van der Waals surface area contributed by atoms with Gasteiger partial charge in [0, 0.05) is 6.42 Å². The number of aliphatic hydroxyl groups excluding tert-OH is 2. The Labute approximate surface area is 252 Å². The first-order chi connectivity index (χ1) is 19.8. The van der Waals surface area contributed by atoms with Crippen molar-refractivity contribution in [2.75, 3.05) is 5.75 Å². The van der Waals surface area contributed by atoms with Crippen LogP contribution in [-0.4, -0.2) is 65.2 Å². The molecule has 2 amide bonds. The second kappa shape index (κ2) is 15.4. The largest absolute Gasteiger partial charge is 0.389 e. The second-order valence-electron chi connectivity index (χ2n) is 13.3. The molecule has 5 atom stereocenters. The van der Waals surface area contributed by atoms with Crippen LogP contribution in [0.1, 0.15) is 90.5 Å². The quantitative estimate of drug-likeness (QED) is 0.227. The summed E-state index contributed by atoms with van der Waals surface area (Å²) in [7, 11) is -3.63. The molecule has 2 fully saturated rings. The molecule has 0 aromatic heterocycles. The van der Waals surface area contributed by atoms with Crippen LogP contribution in [0.25, 0.3) is 0 Å². The Bertz CT molecular complexity index is 1160. The van der Waals surface area contributed by atoms with Crippen LogP contribution in [0.5, 0.6) is 0 Å². The van der Waals surface area contributed by atoms with E-state index in [0.29, 0.717) is 24.7 Å². The number of hydrogen-bond acceptors (Lipinski definition) is 6. The van der Waals surface area contributed by atoms with Crippen molar-refractivity contribution in [3.8, 4) is 12.3 Å². The van der Waals surface area contributed by atoms with E-state index in [-0.39, 0.29) is 18.6 Å². The molecular formula is C33H50N2O6S. The standard InChI is InChI=1S/C33H50N2O6S/c1-5-12-29(36)30(37)27(20-24-15-10-7-11-16-24)34-32(39)28(21-25-17-18-25)35-31(38)26(19-23-13-8-6-9-14-23)22-42(40,41)33(2,3)4/h1,6,8-9,13-14,24-30,36-37H,7,10-12,15-22H2,2-4H3,(H,34,39)(H,35,38)/t26-,27-,28+,29-,30+/m0/s1. The lowest BCUT2D eigenvalue weighted by molar-refractivity contribution is -0.132. The third-order valence-electron chi connectivity index (χ3n) is 8.72. The Balaban J connectivity index is 1.80. The molecule has 0 aliphatic heterocycles. The van der Waals surface area contributed by atoms with Crippen molar-refractivity contribution in [3.05, 3.63) is 35.9 Å². The van der Waals surface area contributed by atoms with Gasteiger partial charge in [0.05, 0.1) is 28.6 Å². The molecule has 2 aliphatic carbocycles. The predicted molar refractivity (Wildman–Crippen MR) is 165 cm³/mol. The average Bonchev–Trinajstić information content (AvgIpc) is 3.76. The monoisotopic (exact) mass is 602 g/mol. The molecular weight excluding hydrogens is 552 g/mol. The lowest BCUT2D eigenvalue weighted by atomic mass is 9.82. The summed E-state index contributed by atoms with van der Waals surface area (Å²) in [6.45, 7) is 4.86. The molecule has 2 saturated carbocycles. The number of nitrogens with one attached hydrogen (secondary N) is 2. The lowest BCUT2D eigenvalue weighted by Gasteiger charge is -2.33. The van der Waals surface area contributed by atoms with Gasteiger partial charge in [0.2, 0.25) is 11.8 Å². The van der Waals surface area contributed by atoms with Gasteiger partial charge in [-0.25, -0.2) is 8.42 Å². The van der Waals surface area contributed by atoms with Gasteiger partial charge in [0.1, 0.15) is 12.1 Å². The maximum Gasteiger partial charge on any atom is 0.242 e. The molecule has 0 bridgehead atoms. The van der Waals surface area contributed by atoms with Gasteiger partial charge in [-0.15, -0.1) is 12.3 Å². The van der Waals surface area contributed by atoms with E-state index in [9.17, 15) is 28.2 Å². The summed E-state index contributed by atoms with van der Waals surface area (Å²) in [5.41, 5.74) is 0.836. The van der Waals surface area contributed by atoms with Crippen molar-refractivity contribution in [1.82, 2.24) is 10.6 Å². The Morgan fingerprint density at radius 1 is 0.952 bits per heavy atom. The third kappa shape index (κ3) is 10.4. The number of amides is 2. The summed E-state index contributed by atoms with van der Waals surface area (Å²) in [5.74, 6) is 0.848. The smallest absolute Gasteiger partial charge is 0.242 e. The highest BCUT2D eigenvalue weighted by atomic mass is 32.2. The molecule has 2 aliphatic rings. The Kier molecular flexibility index (Phi) is 12.5. The van der Waals surface area contributed by atoms with Crippen LogP contribution in [0.15, 0.2) is 30.3 Å². The molecule has 4 N–H and O–H groups in total. The molecule has 0 unspecified atom stereocenters. The molecule has 0 saturated heterocycles. The number of sulfone groups is 1. The maximum absolute atomic E-state index is 13.7. The summed E-state index contributed by atoms with van der Waals surface area (Å²) in [5, 5.41) is 27.3. The van der Waals surface area contributed by atoms with Gasteiger partial charge < -0.3 is 20.8 Å². The van der Waals surface area contributed by atoms with E-state index in [1.165, 1.54) is 6.42 Å². The molecule has 9 heteroatoms. The van der Waals surface area contributed by atoms with Gasteiger partial charge in [0.25, 0.3) is 0 Å². The topological polar surface area (TPSA) is 133 Å². The molecule has 3 rings (SSSR count). The van der Waals surface area contributed by atoms with Gasteiger partial charge in [-0.1, -0.05) is 75.3 Å². The third-order valence-corrected chi connectivity index (χ3v) is 11.4. The Morgan fingerprint density at radius 2 is 1.57 bits per heavy atom. The Hall–Kier alpha value is -2.41. The number of benzene rings is 1. The summed E-state index contributed by atoms with van der Waals surface area (Å²) >= 11 is 0. The van der Waals surface area contributed by atoms with Crippen molar-refractivity contribution < 1.29 is 28.2 Å². The first-order valence-corrected chi connectivity index (χ1v) is 17.1. The van der Waals surface area contributed by atoms with Gasteiger partial charge in [0.15, 0.2) is 9.84 Å². The molecule has 42 heavy (non-hydrogen) atoms. The number of rotatable bonds is 15. The molecule has 0 heterocycles. The van der Waals surface area contributed by atoms with Crippen molar-refractivity contribution in [1.29, 1.82) is 0 Å². The molecule has 1 aromatic carbocycles. The van der Waals surface area contributed by atoms with Crippen molar-refractivity contribution in [2.45, 2.75) is 120 Å². The van der Waals surface area contributed by atoms with E-state index < -0.39 is 56.6 Å². The van der Waals surface area contributed by atoms with E-state index in [1.54, 1.807) is 20.8 Å². The first-order valence-electron chi connectivity index (χ1n) is 15.5. The summed E-state index contributed by atoms with van der Waals surface area (Å²) in [6.07, 6.45) is 11.3. The van der Waals surface area contributed by atoms with E-state index in [2.05, 4.69) is 16.6 Å². The molecule has 234 valence electrons. The fourth-order valence-electron chi connectivity index (χ4n) is 5.71. The van der Waals surface area contributed by atoms with Crippen LogP contribution in [0.2, 0.25) is 0 Å². The number of aliphatic hydroxyl groups is 2. The van der Waals surface area contributed by atoms with Crippen LogP contribution in [0.4, 0.5) is 0 Å². The van der Waals surface area contributed by atoms with Crippen LogP contribution < -0.4 is 10.6 Å². The van der Waals surface area contributed by atoms with Gasteiger partial charge in [-0.2, -0.15) is 0 Å². The zero-order valence-corrected chi connectivity index (χ0v) is 26.2. The summed E-state index contributed by atoms with van der Waals surface area (Å²) in [4.78, 5) is 27.5. The highest BCUT2D eigenvalue weighted by molar-refractivity contribution is 7.92. The molecule has 1 aromatic rings. The molecule has 8 nitrogen and oxygen atoms in total. The van der Waals surface area contributed by atoms with E-state index in [1.807, 2.05) is 30.3 Å². The van der Waals surface area contributed by atoms with Crippen molar-refractivity contribution >= 4 is 21.7 Å². The van der Waals surface area contributed by atoms with Crippen molar-refractivity contribution in [3.63, 3.8) is 0 Å². The molecule has 0 radical (unpaired) electrons. The van der Waals surface area contributed by atoms with E-state index in [0.717, 1.165) is 44.1 Å². The van der Waals surface area contributed by atoms with Crippen LogP contribution in [-0.2, 0) is 25.8 Å². The minimum Gasteiger partial charge on any atom is -0.389 e. The van der Waals surface area contributed by atoms with Gasteiger partial charge in [-0.05, 0) is 57.4 Å². The van der Waals surface area contributed by atoms with Crippen molar-refractivity contribution in [2.24, 2.45) is 17.8 Å². The Morgan fingerprint density at radius 3 is 2.14 bits per heavy atom. The number of terminal acetylenes is 1. The normalized spacial score (nSPS) is 20.0. The summed E-state index contributed by atoms with van der Waals surface area (Å²) < 4.78 is 25.3. The van der Waals surface area contributed by atoms with Crippen LogP contribution >= 0.6 is 0 Å². The van der Waals surface area contributed by atoms with Gasteiger partial charge in [-0.3, -0.25) is 9.59 Å². The van der Waals surface area contributed by atoms with E-state index in [4.69, 9.17) is 6.42 Å². The van der Waals surface area contributed by atoms with Crippen LogP contribution in [0, 0.1) is 30.1 Å². The minimum absolute atomic E-state index is 0.0378. The number of carbonyl (C=O) groups excluding carboxylic acids is 2. The predicted octanol–water partition coefficient (Wildman–Crippen LogP) is 3.54. The zero-order valence-electron chi connectivity index (χ0n) is 25.4. The number of hydrogen-bond donors (Lipinski definition) is 4. The second-order valence-corrected chi connectivity index (χ2v) is 16.1. The zero-order chi connectivity index (χ0) is 30.9. The van der Waals surface area contributed by atoms with Gasteiger partial charge >= 0.3 is 0 Å². The number of carbonyl (C=O) groups is 2. The highest BCUT2D eigenvalue weighted by Gasteiger charge is 2.38. The maximum atomic E-state index is 13.7. The highest BCUT2D eigenvalue weighted by Crippen LogP contribution is 2.34. The fourth-order valence-corrected chi connectivity index (χ4v) is 7.01. The van der Waals surface area contributed by atoms with Crippen LogP contribution in [0.3, 0.4) is 0 Å². The first kappa shape index (κ1) is 34.1. The molecule has 0 spiro atoms. The fraction of sp³-hybridized carbons (Fsp3) is 0.697. The summed E-state index contributed by atoms with van der Waals surface area (Å²) in [6, 6.07) is 7.67. The lowest BCUT2D eigenvalue weighted by Crippen LogP contribution is -2.56.